The molecule has 160 valence electrons. The first-order valence-electron chi connectivity index (χ1n) is 9.87. The van der Waals surface area contributed by atoms with Crippen LogP contribution in [0.5, 0.6) is 5.75 Å². The summed E-state index contributed by atoms with van der Waals surface area (Å²) in [6, 6.07) is 11.6. The smallest absolute Gasteiger partial charge is 0.251 e. The number of para-hydroxylation sites is 1. The summed E-state index contributed by atoms with van der Waals surface area (Å²) in [5.74, 6) is 0.371. The molecule has 1 saturated heterocycles. The van der Waals surface area contributed by atoms with Crippen molar-refractivity contribution in [3.63, 3.8) is 0 Å². The van der Waals surface area contributed by atoms with E-state index >= 15 is 0 Å². The minimum absolute atomic E-state index is 0.0582. The molecule has 2 aromatic carbocycles. The molecular formula is C21H23ClN2O5S. The van der Waals surface area contributed by atoms with Crippen LogP contribution in [-0.2, 0) is 14.8 Å². The van der Waals surface area contributed by atoms with Gasteiger partial charge < -0.3 is 14.8 Å². The number of ether oxygens (including phenoxy) is 2. The fraction of sp³-hybridized carbons (Fsp3) is 0.381. The molecule has 2 N–H and O–H groups in total. The molecule has 2 heterocycles. The van der Waals surface area contributed by atoms with Crippen LogP contribution in [0, 0.1) is 0 Å². The molecule has 1 amide bonds. The SMILES string of the molecule is O=C(N[C@@H]1CCOc2ccccc21)c1ccc(Cl)c(S(=O)(=O)NC[C@H]2CCCO2)c1. The van der Waals surface area contributed by atoms with Gasteiger partial charge in [-0.2, -0.15) is 0 Å². The van der Waals surface area contributed by atoms with E-state index in [1.54, 1.807) is 0 Å². The van der Waals surface area contributed by atoms with Crippen molar-refractivity contribution < 1.29 is 22.7 Å². The van der Waals surface area contributed by atoms with E-state index in [0.717, 1.165) is 24.2 Å². The number of fused-ring (bicyclic) bond motifs is 1. The van der Waals surface area contributed by atoms with Gasteiger partial charge in [0.1, 0.15) is 10.6 Å². The molecule has 2 aliphatic rings. The first-order chi connectivity index (χ1) is 14.4. The van der Waals surface area contributed by atoms with Gasteiger partial charge in [-0.1, -0.05) is 29.8 Å². The van der Waals surface area contributed by atoms with Crippen LogP contribution >= 0.6 is 11.6 Å². The minimum atomic E-state index is -3.88. The van der Waals surface area contributed by atoms with Crippen LogP contribution < -0.4 is 14.8 Å². The maximum atomic E-state index is 12.8. The van der Waals surface area contributed by atoms with Crippen molar-refractivity contribution in [3.05, 3.63) is 58.6 Å². The standard InChI is InChI=1S/C21H23ClN2O5S/c22-17-8-7-14(12-20(17)30(26,27)23-13-15-4-3-10-28-15)21(25)24-18-9-11-29-19-6-2-1-5-16(18)19/h1-2,5-8,12,15,18,23H,3-4,9-11,13H2,(H,24,25)/t15-,18-/m1/s1. The largest absolute Gasteiger partial charge is 0.493 e. The first kappa shape index (κ1) is 21.1. The lowest BCUT2D eigenvalue weighted by molar-refractivity contribution is 0.0924. The number of halogens is 1. The molecule has 30 heavy (non-hydrogen) atoms. The van der Waals surface area contributed by atoms with Gasteiger partial charge >= 0.3 is 0 Å². The second kappa shape index (κ2) is 8.93. The molecule has 2 aromatic rings. The normalized spacial score (nSPS) is 21.0. The zero-order valence-corrected chi connectivity index (χ0v) is 17.8. The van der Waals surface area contributed by atoms with E-state index < -0.39 is 10.0 Å². The molecule has 7 nitrogen and oxygen atoms in total. The van der Waals surface area contributed by atoms with Crippen LogP contribution in [0.15, 0.2) is 47.4 Å². The van der Waals surface area contributed by atoms with Gasteiger partial charge in [0.05, 0.1) is 23.8 Å². The number of rotatable bonds is 6. The Hall–Kier alpha value is -2.13. The van der Waals surface area contributed by atoms with Gasteiger partial charge in [0.25, 0.3) is 5.91 Å². The van der Waals surface area contributed by atoms with Gasteiger partial charge in [0.15, 0.2) is 0 Å². The monoisotopic (exact) mass is 450 g/mol. The number of sulfonamides is 1. The van der Waals surface area contributed by atoms with Crippen LogP contribution in [0.3, 0.4) is 0 Å². The highest BCUT2D eigenvalue weighted by Crippen LogP contribution is 2.32. The predicted octanol–water partition coefficient (Wildman–Crippen LogP) is 3.05. The first-order valence-corrected chi connectivity index (χ1v) is 11.7. The molecule has 0 spiro atoms. The Labute approximate surface area is 180 Å². The average Bonchev–Trinajstić information content (AvgIpc) is 3.26. The fourth-order valence-electron chi connectivity index (χ4n) is 3.67. The summed E-state index contributed by atoms with van der Waals surface area (Å²) >= 11 is 6.14. The van der Waals surface area contributed by atoms with Crippen LogP contribution in [0.2, 0.25) is 5.02 Å². The van der Waals surface area contributed by atoms with Crippen LogP contribution in [0.25, 0.3) is 0 Å². The van der Waals surface area contributed by atoms with Gasteiger partial charge in [-0.3, -0.25) is 4.79 Å². The molecule has 0 bridgehead atoms. The van der Waals surface area contributed by atoms with Gasteiger partial charge in [-0.15, -0.1) is 0 Å². The molecule has 0 aliphatic carbocycles. The van der Waals surface area contributed by atoms with E-state index in [1.165, 1.54) is 18.2 Å². The van der Waals surface area contributed by atoms with E-state index in [-0.39, 0.29) is 40.1 Å². The number of benzene rings is 2. The zero-order chi connectivity index (χ0) is 21.1. The Bertz CT molecular complexity index is 1040. The highest BCUT2D eigenvalue weighted by molar-refractivity contribution is 7.89. The van der Waals surface area contributed by atoms with Crippen molar-refractivity contribution in [2.45, 2.75) is 36.3 Å². The molecule has 0 aromatic heterocycles. The molecule has 0 radical (unpaired) electrons. The fourth-order valence-corrected chi connectivity index (χ4v) is 5.26. The lowest BCUT2D eigenvalue weighted by atomic mass is 10.00. The predicted molar refractivity (Wildman–Crippen MR) is 112 cm³/mol. The number of hydrogen-bond acceptors (Lipinski definition) is 5. The lowest BCUT2D eigenvalue weighted by Crippen LogP contribution is -2.33. The minimum Gasteiger partial charge on any atom is -0.493 e. The molecule has 0 unspecified atom stereocenters. The van der Waals surface area contributed by atoms with Crippen LogP contribution in [0.4, 0.5) is 0 Å². The topological polar surface area (TPSA) is 93.7 Å². The van der Waals surface area contributed by atoms with E-state index in [9.17, 15) is 13.2 Å². The highest BCUT2D eigenvalue weighted by Gasteiger charge is 2.26. The Morgan fingerprint density at radius 2 is 1.97 bits per heavy atom. The molecule has 9 heteroatoms. The van der Waals surface area contributed by atoms with Crippen molar-refractivity contribution >= 4 is 27.5 Å². The molecule has 2 atom stereocenters. The van der Waals surface area contributed by atoms with Crippen LogP contribution in [0.1, 0.15) is 41.2 Å². The number of carbonyl (C=O) groups is 1. The number of hydrogen-bond donors (Lipinski definition) is 2. The summed E-state index contributed by atoms with van der Waals surface area (Å²) in [4.78, 5) is 12.7. The van der Waals surface area contributed by atoms with E-state index in [1.807, 2.05) is 24.3 Å². The zero-order valence-electron chi connectivity index (χ0n) is 16.3. The summed E-state index contributed by atoms with van der Waals surface area (Å²) in [5, 5.41) is 3.03. The average molecular weight is 451 g/mol. The number of nitrogens with one attached hydrogen (secondary N) is 2. The Morgan fingerprint density at radius 1 is 1.13 bits per heavy atom. The molecule has 1 fully saturated rings. The van der Waals surface area contributed by atoms with E-state index in [0.29, 0.717) is 19.6 Å². The van der Waals surface area contributed by atoms with Crippen molar-refractivity contribution in [1.82, 2.24) is 10.0 Å². The Kier molecular flexibility index (Phi) is 6.29. The van der Waals surface area contributed by atoms with Crippen molar-refractivity contribution in [1.29, 1.82) is 0 Å². The van der Waals surface area contributed by atoms with Gasteiger partial charge in [0, 0.05) is 30.7 Å². The molecular weight excluding hydrogens is 428 g/mol. The molecule has 4 rings (SSSR count). The van der Waals surface area contributed by atoms with Crippen LogP contribution in [-0.4, -0.2) is 40.2 Å². The Balaban J connectivity index is 1.50. The molecule has 0 saturated carbocycles. The number of amides is 1. The highest BCUT2D eigenvalue weighted by atomic mass is 35.5. The number of carbonyl (C=O) groups excluding carboxylic acids is 1. The quantitative estimate of drug-likeness (QED) is 0.705. The summed E-state index contributed by atoms with van der Waals surface area (Å²) in [7, 11) is -3.88. The third-order valence-corrected chi connectivity index (χ3v) is 7.18. The third-order valence-electron chi connectivity index (χ3n) is 5.27. The lowest BCUT2D eigenvalue weighted by Gasteiger charge is -2.26. The van der Waals surface area contributed by atoms with Crippen molar-refractivity contribution in [2.75, 3.05) is 19.8 Å². The van der Waals surface area contributed by atoms with Gasteiger partial charge in [0.2, 0.25) is 10.0 Å². The van der Waals surface area contributed by atoms with E-state index in [2.05, 4.69) is 10.0 Å². The maximum Gasteiger partial charge on any atom is 0.251 e. The third kappa shape index (κ3) is 4.62. The summed E-state index contributed by atoms with van der Waals surface area (Å²) in [6.07, 6.45) is 2.21. The molecule has 2 aliphatic heterocycles. The second-order valence-electron chi connectivity index (χ2n) is 7.33. The van der Waals surface area contributed by atoms with Gasteiger partial charge in [-0.25, -0.2) is 13.1 Å². The second-order valence-corrected chi connectivity index (χ2v) is 9.48. The summed E-state index contributed by atoms with van der Waals surface area (Å²) in [5.41, 5.74) is 1.12. The van der Waals surface area contributed by atoms with Crippen molar-refractivity contribution in [2.24, 2.45) is 0 Å². The summed E-state index contributed by atoms with van der Waals surface area (Å²) in [6.45, 7) is 1.31. The van der Waals surface area contributed by atoms with Crippen molar-refractivity contribution in [3.8, 4) is 5.75 Å². The maximum absolute atomic E-state index is 12.8. The van der Waals surface area contributed by atoms with E-state index in [4.69, 9.17) is 21.1 Å². The summed E-state index contributed by atoms with van der Waals surface area (Å²) < 4.78 is 39.1. The van der Waals surface area contributed by atoms with Gasteiger partial charge in [-0.05, 0) is 37.1 Å². The Morgan fingerprint density at radius 3 is 2.77 bits per heavy atom.